The first-order chi connectivity index (χ1) is 23.5. The van der Waals surface area contributed by atoms with Gasteiger partial charge in [0.2, 0.25) is 0 Å². The van der Waals surface area contributed by atoms with Gasteiger partial charge in [-0.25, -0.2) is 0 Å². The molecule has 0 saturated heterocycles. The van der Waals surface area contributed by atoms with Gasteiger partial charge in [0.25, 0.3) is 0 Å². The molecule has 0 atom stereocenters. The summed E-state index contributed by atoms with van der Waals surface area (Å²) < 4.78 is 42.6. The number of fused-ring (bicyclic) bond motifs is 2. The Kier molecular flexibility index (Phi) is 14.0. The molecule has 1 N–H and O–H groups in total. The second-order valence-electron chi connectivity index (χ2n) is 14.8. The van der Waals surface area contributed by atoms with E-state index in [0.29, 0.717) is 11.3 Å². The topological polar surface area (TPSA) is 50.2 Å². The number of hydrogen-bond acceptors (Lipinski definition) is 3. The molecule has 8 heteroatoms. The minimum absolute atomic E-state index is 0. The van der Waals surface area contributed by atoms with Crippen molar-refractivity contribution in [3.05, 3.63) is 107 Å². The number of benzene rings is 3. The number of nitrogens with zero attached hydrogens (tertiary/aromatic N) is 1. The van der Waals surface area contributed by atoms with Crippen LogP contribution in [0.3, 0.4) is 0 Å². The molecule has 0 unspecified atom stereocenters. The molecule has 4 aromatic rings. The van der Waals surface area contributed by atoms with Crippen LogP contribution in [0.1, 0.15) is 96.4 Å². The average molecular weight is 891 g/mol. The van der Waals surface area contributed by atoms with E-state index in [1.165, 1.54) is 6.08 Å². The van der Waals surface area contributed by atoms with Gasteiger partial charge < -0.3 is 5.11 Å². The largest absolute Gasteiger partial charge is 0.512 e. The number of aliphatic hydroxyl groups is 1. The van der Waals surface area contributed by atoms with Gasteiger partial charge in [-0.05, 0) is 52.6 Å². The number of carbonyl (C=O) groups is 1. The number of alkyl halides is 3. The molecule has 5 rings (SSSR count). The van der Waals surface area contributed by atoms with Crippen LogP contribution in [0.4, 0.5) is 13.2 Å². The summed E-state index contributed by atoms with van der Waals surface area (Å²) in [5.41, 5.74) is 2.74. The van der Waals surface area contributed by atoms with Crippen LogP contribution >= 0.6 is 0 Å². The van der Waals surface area contributed by atoms with Gasteiger partial charge in [0.15, 0.2) is 5.78 Å². The summed E-state index contributed by atoms with van der Waals surface area (Å²) in [5.74, 6) is 0.547. The summed E-state index contributed by atoms with van der Waals surface area (Å²) in [6.07, 6.45) is 3.35. The SMILES string of the molecule is CC(C)(C)c1cc(-c2cc(C3=Cc4ccccc4[Si]3(C)C)c(C(F)(F)F)cn2)[c-]c2ccccc12.CCC(CC)C(=O)/C=C(\O)C(CC)CC.[Ir]. The van der Waals surface area contributed by atoms with Crippen molar-refractivity contribution < 1.29 is 43.2 Å². The molecule has 1 aliphatic rings. The van der Waals surface area contributed by atoms with Crippen LogP contribution in [-0.4, -0.2) is 23.9 Å². The average Bonchev–Trinajstić information content (AvgIpc) is 3.34. The van der Waals surface area contributed by atoms with E-state index in [1.54, 1.807) is 6.07 Å². The smallest absolute Gasteiger partial charge is 0.418 e. The second-order valence-corrected chi connectivity index (χ2v) is 19.1. The van der Waals surface area contributed by atoms with Gasteiger partial charge in [-0.15, -0.1) is 29.1 Å². The van der Waals surface area contributed by atoms with Crippen molar-refractivity contribution >= 4 is 41.1 Å². The van der Waals surface area contributed by atoms with Gasteiger partial charge in [-0.3, -0.25) is 9.78 Å². The zero-order chi connectivity index (χ0) is 37.0. The zero-order valence-corrected chi connectivity index (χ0v) is 34.7. The summed E-state index contributed by atoms with van der Waals surface area (Å²) in [7, 11) is -2.33. The fraction of sp³-hybridized carbons (Fsp3) is 0.395. The van der Waals surface area contributed by atoms with E-state index in [2.05, 4.69) is 51.0 Å². The van der Waals surface area contributed by atoms with Crippen molar-refractivity contribution in [3.63, 3.8) is 0 Å². The molecule has 275 valence electrons. The minimum Gasteiger partial charge on any atom is -0.512 e. The maximum Gasteiger partial charge on any atom is 0.418 e. The number of rotatable bonds is 9. The maximum absolute atomic E-state index is 14.2. The van der Waals surface area contributed by atoms with Crippen LogP contribution in [0, 0.1) is 17.9 Å². The molecule has 1 aliphatic heterocycles. The molecule has 0 spiro atoms. The summed E-state index contributed by atoms with van der Waals surface area (Å²) in [6, 6.07) is 23.0. The normalized spacial score (nSPS) is 14.2. The monoisotopic (exact) mass is 891 g/mol. The predicted octanol–water partition coefficient (Wildman–Crippen LogP) is 11.9. The first-order valence-electron chi connectivity index (χ1n) is 17.8. The number of carbonyl (C=O) groups excluding carboxylic acids is 1. The van der Waals surface area contributed by atoms with Crippen LogP contribution in [0.25, 0.3) is 33.3 Å². The van der Waals surface area contributed by atoms with E-state index >= 15 is 0 Å². The number of aliphatic hydroxyl groups excluding tert-OH is 1. The molecule has 1 radical (unpaired) electrons. The van der Waals surface area contributed by atoms with Gasteiger partial charge in [0.05, 0.1) is 11.3 Å². The number of halogens is 3. The fourth-order valence-corrected chi connectivity index (χ4v) is 9.98. The summed E-state index contributed by atoms with van der Waals surface area (Å²) in [4.78, 5) is 16.0. The predicted molar refractivity (Wildman–Crippen MR) is 205 cm³/mol. The Morgan fingerprint density at radius 1 is 0.882 bits per heavy atom. The fourth-order valence-electron chi connectivity index (χ4n) is 6.91. The third-order valence-electron chi connectivity index (χ3n) is 10.0. The van der Waals surface area contributed by atoms with Crippen molar-refractivity contribution in [3.8, 4) is 11.3 Å². The van der Waals surface area contributed by atoms with Crippen LogP contribution in [0.5, 0.6) is 0 Å². The van der Waals surface area contributed by atoms with Crippen LogP contribution in [-0.2, 0) is 36.5 Å². The molecule has 0 aliphatic carbocycles. The van der Waals surface area contributed by atoms with E-state index in [1.807, 2.05) is 82.3 Å². The van der Waals surface area contributed by atoms with E-state index in [9.17, 15) is 23.1 Å². The first kappa shape index (κ1) is 42.1. The summed E-state index contributed by atoms with van der Waals surface area (Å²) >= 11 is 0. The van der Waals surface area contributed by atoms with Gasteiger partial charge in [0, 0.05) is 49.9 Å². The standard InChI is InChI=1S/C30H27F3NSi.C13H24O2.Ir/c1-29(2,3)24-15-21(14-19-10-6-8-12-22(19)24)26-17-23(25(18-34-26)30(31,32)33)28-16-20-11-7-9-13-27(20)35(28,4)5;1-5-10(6-2)12(14)9-13(15)11(7-3)8-4;/h6-13,15-18H,1-5H3;9-11,14H,5-8H2,1-4H3;/q-1;;/b;12-9-;. The maximum atomic E-state index is 14.2. The van der Waals surface area contributed by atoms with Crippen molar-refractivity contribution in [2.75, 3.05) is 0 Å². The number of hydrogen-bond donors (Lipinski definition) is 1. The van der Waals surface area contributed by atoms with Crippen LogP contribution in [0.15, 0.2) is 78.7 Å². The Hall–Kier alpha value is -3.32. The van der Waals surface area contributed by atoms with Crippen molar-refractivity contribution in [2.24, 2.45) is 11.8 Å². The molecule has 0 bridgehead atoms. The zero-order valence-electron chi connectivity index (χ0n) is 31.3. The molecule has 2 heterocycles. The number of pyridine rings is 1. The summed E-state index contributed by atoms with van der Waals surface area (Å²) in [6.45, 7) is 18.7. The van der Waals surface area contributed by atoms with Crippen molar-refractivity contribution in [1.29, 1.82) is 0 Å². The molecule has 1 aromatic heterocycles. The molecular formula is C43H51F3IrNO2Si-. The Morgan fingerprint density at radius 3 is 2.04 bits per heavy atom. The molecule has 0 saturated carbocycles. The van der Waals surface area contributed by atoms with Crippen molar-refractivity contribution in [1.82, 2.24) is 4.98 Å². The van der Waals surface area contributed by atoms with E-state index in [-0.39, 0.29) is 54.5 Å². The van der Waals surface area contributed by atoms with Crippen molar-refractivity contribution in [2.45, 2.75) is 98.8 Å². The van der Waals surface area contributed by atoms with Crippen LogP contribution < -0.4 is 5.19 Å². The van der Waals surface area contributed by atoms with Crippen LogP contribution in [0.2, 0.25) is 13.1 Å². The number of aromatic nitrogens is 1. The molecule has 0 fully saturated rings. The number of allylic oxidation sites excluding steroid dienone is 2. The van der Waals surface area contributed by atoms with E-state index in [4.69, 9.17) is 0 Å². The van der Waals surface area contributed by atoms with Gasteiger partial charge >= 0.3 is 6.18 Å². The summed E-state index contributed by atoms with van der Waals surface area (Å²) in [5, 5.41) is 13.7. The molecule has 0 amide bonds. The molecular weight excluding hydrogens is 840 g/mol. The molecule has 3 aromatic carbocycles. The Morgan fingerprint density at radius 2 is 1.47 bits per heavy atom. The minimum atomic E-state index is -4.50. The number of ketones is 1. The van der Waals surface area contributed by atoms with E-state index < -0.39 is 19.8 Å². The Labute approximate surface area is 316 Å². The second kappa shape index (κ2) is 17.0. The molecule has 51 heavy (non-hydrogen) atoms. The third-order valence-corrected chi connectivity index (χ3v) is 13.6. The van der Waals surface area contributed by atoms with Gasteiger partial charge in [-0.1, -0.05) is 127 Å². The first-order valence-corrected chi connectivity index (χ1v) is 20.8. The van der Waals surface area contributed by atoms with Gasteiger partial charge in [-0.2, -0.15) is 13.2 Å². The quantitative estimate of drug-likeness (QED) is 0.0788. The van der Waals surface area contributed by atoms with E-state index in [0.717, 1.165) is 64.2 Å². The van der Waals surface area contributed by atoms with Gasteiger partial charge in [0.1, 0.15) is 8.07 Å². The third kappa shape index (κ3) is 9.38. The Balaban J connectivity index is 0.000000374. The Bertz CT molecular complexity index is 1900. The molecule has 3 nitrogen and oxygen atoms in total.